The van der Waals surface area contributed by atoms with Crippen LogP contribution < -0.4 is 10.6 Å². The molecule has 2 rings (SSSR count). The van der Waals surface area contributed by atoms with Gasteiger partial charge >= 0.3 is 5.97 Å². The second kappa shape index (κ2) is 5.61. The molecule has 2 unspecified atom stereocenters. The van der Waals surface area contributed by atoms with E-state index in [1.807, 2.05) is 0 Å². The normalized spacial score (nSPS) is 19.8. The molecule has 0 saturated heterocycles. The van der Waals surface area contributed by atoms with Gasteiger partial charge in [0.15, 0.2) is 0 Å². The van der Waals surface area contributed by atoms with Crippen LogP contribution in [-0.2, 0) is 22.4 Å². The number of hydrogen-bond donors (Lipinski definition) is 1. The predicted octanol–water partition coefficient (Wildman–Crippen LogP) is 1.50. The SMILES string of the molecule is COC(=O)C(N)Cc1ccc2c(c1)CCC(C)N2C. The average molecular weight is 262 g/mol. The second-order valence-corrected chi connectivity index (χ2v) is 5.30. The molecule has 1 aromatic carbocycles. The van der Waals surface area contributed by atoms with Crippen LogP contribution in [0.15, 0.2) is 18.2 Å². The highest BCUT2D eigenvalue weighted by atomic mass is 16.5. The van der Waals surface area contributed by atoms with Crippen LogP contribution in [0.1, 0.15) is 24.5 Å². The quantitative estimate of drug-likeness (QED) is 0.839. The first-order chi connectivity index (χ1) is 9.02. The van der Waals surface area contributed by atoms with Crippen LogP contribution >= 0.6 is 0 Å². The fraction of sp³-hybridized carbons (Fsp3) is 0.533. The monoisotopic (exact) mass is 262 g/mol. The van der Waals surface area contributed by atoms with E-state index in [9.17, 15) is 4.79 Å². The highest BCUT2D eigenvalue weighted by Gasteiger charge is 2.21. The first-order valence-electron chi connectivity index (χ1n) is 6.71. The molecule has 0 saturated carbocycles. The van der Waals surface area contributed by atoms with Gasteiger partial charge in [0.1, 0.15) is 6.04 Å². The third-order valence-electron chi connectivity index (χ3n) is 3.98. The largest absolute Gasteiger partial charge is 0.468 e. The van der Waals surface area contributed by atoms with Gasteiger partial charge in [-0.25, -0.2) is 0 Å². The van der Waals surface area contributed by atoms with E-state index in [0.29, 0.717) is 12.5 Å². The summed E-state index contributed by atoms with van der Waals surface area (Å²) in [7, 11) is 3.49. The van der Waals surface area contributed by atoms with E-state index < -0.39 is 6.04 Å². The maximum absolute atomic E-state index is 11.3. The molecule has 4 heteroatoms. The zero-order valence-electron chi connectivity index (χ0n) is 11.8. The van der Waals surface area contributed by atoms with Crippen LogP contribution in [0.4, 0.5) is 5.69 Å². The van der Waals surface area contributed by atoms with Crippen molar-refractivity contribution in [3.8, 4) is 0 Å². The molecule has 2 atom stereocenters. The van der Waals surface area contributed by atoms with E-state index >= 15 is 0 Å². The van der Waals surface area contributed by atoms with E-state index in [-0.39, 0.29) is 5.97 Å². The summed E-state index contributed by atoms with van der Waals surface area (Å²) in [6.45, 7) is 2.24. The minimum absolute atomic E-state index is 0.358. The molecule has 0 bridgehead atoms. The number of hydrogen-bond acceptors (Lipinski definition) is 4. The van der Waals surface area contributed by atoms with Crippen molar-refractivity contribution in [2.24, 2.45) is 5.73 Å². The number of rotatable bonds is 3. The lowest BCUT2D eigenvalue weighted by Crippen LogP contribution is -2.35. The zero-order valence-corrected chi connectivity index (χ0v) is 11.8. The molecule has 0 aromatic heterocycles. The van der Waals surface area contributed by atoms with Gasteiger partial charge in [0.2, 0.25) is 0 Å². The molecule has 0 fully saturated rings. The molecule has 0 amide bonds. The van der Waals surface area contributed by atoms with E-state index in [2.05, 4.69) is 41.8 Å². The Kier molecular flexibility index (Phi) is 4.10. The number of carbonyl (C=O) groups excluding carboxylic acids is 1. The van der Waals surface area contributed by atoms with Crippen LogP contribution in [0.5, 0.6) is 0 Å². The van der Waals surface area contributed by atoms with Gasteiger partial charge in [0, 0.05) is 18.8 Å². The maximum atomic E-state index is 11.3. The van der Waals surface area contributed by atoms with Crippen molar-refractivity contribution >= 4 is 11.7 Å². The van der Waals surface area contributed by atoms with Crippen molar-refractivity contribution in [2.75, 3.05) is 19.1 Å². The number of methoxy groups -OCH3 is 1. The molecule has 1 aromatic rings. The smallest absolute Gasteiger partial charge is 0.322 e. The fourth-order valence-electron chi connectivity index (χ4n) is 2.59. The molecule has 0 spiro atoms. The number of ether oxygens (including phenoxy) is 1. The van der Waals surface area contributed by atoms with Gasteiger partial charge in [-0.15, -0.1) is 0 Å². The van der Waals surface area contributed by atoms with Gasteiger partial charge in [0.05, 0.1) is 7.11 Å². The molecule has 0 aliphatic carbocycles. The van der Waals surface area contributed by atoms with E-state index in [1.165, 1.54) is 18.4 Å². The number of anilines is 1. The molecule has 0 radical (unpaired) electrons. The molecule has 104 valence electrons. The topological polar surface area (TPSA) is 55.6 Å². The summed E-state index contributed by atoms with van der Waals surface area (Å²) >= 11 is 0. The van der Waals surface area contributed by atoms with Crippen molar-refractivity contribution in [1.82, 2.24) is 0 Å². The van der Waals surface area contributed by atoms with Crippen LogP contribution in [0, 0.1) is 0 Å². The van der Waals surface area contributed by atoms with Gasteiger partial charge in [-0.3, -0.25) is 4.79 Å². The lowest BCUT2D eigenvalue weighted by molar-refractivity contribution is -0.142. The Morgan fingerprint density at radius 1 is 1.58 bits per heavy atom. The van der Waals surface area contributed by atoms with E-state index in [4.69, 9.17) is 5.73 Å². The number of nitrogens with zero attached hydrogens (tertiary/aromatic N) is 1. The lowest BCUT2D eigenvalue weighted by atomic mass is 9.94. The highest BCUT2D eigenvalue weighted by molar-refractivity contribution is 5.75. The summed E-state index contributed by atoms with van der Waals surface area (Å²) in [5.74, 6) is -0.358. The molecule has 1 heterocycles. The van der Waals surface area contributed by atoms with Crippen molar-refractivity contribution < 1.29 is 9.53 Å². The Morgan fingerprint density at radius 3 is 3.00 bits per heavy atom. The molecule has 1 aliphatic rings. The van der Waals surface area contributed by atoms with Crippen LogP contribution in [0.3, 0.4) is 0 Å². The van der Waals surface area contributed by atoms with Gasteiger partial charge in [-0.1, -0.05) is 12.1 Å². The van der Waals surface area contributed by atoms with Crippen molar-refractivity contribution in [3.63, 3.8) is 0 Å². The zero-order chi connectivity index (χ0) is 14.0. The Bertz CT molecular complexity index is 473. The summed E-state index contributed by atoms with van der Waals surface area (Å²) in [4.78, 5) is 13.7. The van der Waals surface area contributed by atoms with Gasteiger partial charge < -0.3 is 15.4 Å². The van der Waals surface area contributed by atoms with Crippen molar-refractivity contribution in [1.29, 1.82) is 0 Å². The number of fused-ring (bicyclic) bond motifs is 1. The van der Waals surface area contributed by atoms with Gasteiger partial charge in [-0.05, 0) is 43.4 Å². The number of esters is 1. The third kappa shape index (κ3) is 2.89. The molecule has 19 heavy (non-hydrogen) atoms. The van der Waals surface area contributed by atoms with Crippen molar-refractivity contribution in [2.45, 2.75) is 38.3 Å². The Morgan fingerprint density at radius 2 is 2.32 bits per heavy atom. The summed E-state index contributed by atoms with van der Waals surface area (Å²) in [5.41, 5.74) is 9.53. The minimum atomic E-state index is -0.580. The number of nitrogens with two attached hydrogens (primary N) is 1. The molecular weight excluding hydrogens is 240 g/mol. The van der Waals surface area contributed by atoms with Crippen LogP contribution in [0.2, 0.25) is 0 Å². The standard InChI is InChI=1S/C15H22N2O2/c1-10-4-6-12-8-11(5-7-14(12)17(10)2)9-13(16)15(18)19-3/h5,7-8,10,13H,4,6,9,16H2,1-3H3. The third-order valence-corrected chi connectivity index (χ3v) is 3.98. The molecule has 2 N–H and O–H groups in total. The van der Waals surface area contributed by atoms with E-state index in [1.54, 1.807) is 0 Å². The summed E-state index contributed by atoms with van der Waals surface area (Å²) in [5, 5.41) is 0. The second-order valence-electron chi connectivity index (χ2n) is 5.30. The Balaban J connectivity index is 2.16. The predicted molar refractivity (Wildman–Crippen MR) is 76.3 cm³/mol. The van der Waals surface area contributed by atoms with E-state index in [0.717, 1.165) is 18.4 Å². The van der Waals surface area contributed by atoms with Crippen LogP contribution in [-0.4, -0.2) is 32.2 Å². The lowest BCUT2D eigenvalue weighted by Gasteiger charge is -2.34. The highest BCUT2D eigenvalue weighted by Crippen LogP contribution is 2.30. The van der Waals surface area contributed by atoms with Crippen molar-refractivity contribution in [3.05, 3.63) is 29.3 Å². The Hall–Kier alpha value is -1.55. The first-order valence-corrected chi connectivity index (χ1v) is 6.71. The molecular formula is C15H22N2O2. The van der Waals surface area contributed by atoms with Crippen LogP contribution in [0.25, 0.3) is 0 Å². The maximum Gasteiger partial charge on any atom is 0.322 e. The molecule has 4 nitrogen and oxygen atoms in total. The summed E-state index contributed by atoms with van der Waals surface area (Å²) in [6.07, 6.45) is 2.78. The summed E-state index contributed by atoms with van der Waals surface area (Å²) in [6, 6.07) is 6.35. The number of benzene rings is 1. The van der Waals surface area contributed by atoms with Gasteiger partial charge in [-0.2, -0.15) is 0 Å². The average Bonchev–Trinajstić information content (AvgIpc) is 2.42. The summed E-state index contributed by atoms with van der Waals surface area (Å²) < 4.78 is 4.66. The fourth-order valence-corrected chi connectivity index (χ4v) is 2.59. The minimum Gasteiger partial charge on any atom is -0.468 e. The Labute approximate surface area is 114 Å². The molecule has 1 aliphatic heterocycles. The number of aryl methyl sites for hydroxylation is 1. The number of carbonyl (C=O) groups is 1. The van der Waals surface area contributed by atoms with Gasteiger partial charge in [0.25, 0.3) is 0 Å². The first kappa shape index (κ1) is 13.9.